The van der Waals surface area contributed by atoms with Gasteiger partial charge in [0.15, 0.2) is 11.9 Å². The van der Waals surface area contributed by atoms with Crippen LogP contribution in [0.15, 0.2) is 59.2 Å². The highest BCUT2D eigenvalue weighted by atomic mass is 35.5. The lowest BCUT2D eigenvalue weighted by atomic mass is 10.1. The first-order valence-electron chi connectivity index (χ1n) is 9.16. The molecule has 1 aromatic heterocycles. The van der Waals surface area contributed by atoms with E-state index in [4.69, 9.17) is 32.4 Å². The molecule has 160 valence electrons. The van der Waals surface area contributed by atoms with Gasteiger partial charge < -0.3 is 19.8 Å². The molecule has 1 atom stereocenters. The smallest absolute Gasteiger partial charge is 0.338 e. The standard InChI is InChI=1S/C22H18Cl2N2O5/c1-12-5-6-14(8-18(12)26-21(28)19-4-3-7-30-19)22(29)31-13(2)20(27)25-17-10-15(23)9-16(24)11-17/h3-11,13H,1-2H3,(H,25,27)(H,26,28). The third-order valence-electron chi connectivity index (χ3n) is 4.25. The molecule has 3 rings (SSSR count). The minimum Gasteiger partial charge on any atom is -0.459 e. The van der Waals surface area contributed by atoms with Crippen molar-refractivity contribution in [3.63, 3.8) is 0 Å². The van der Waals surface area contributed by atoms with E-state index in [9.17, 15) is 14.4 Å². The van der Waals surface area contributed by atoms with Crippen LogP contribution in [0.4, 0.5) is 11.4 Å². The van der Waals surface area contributed by atoms with Gasteiger partial charge in [0.25, 0.3) is 11.8 Å². The largest absolute Gasteiger partial charge is 0.459 e. The maximum absolute atomic E-state index is 12.5. The molecule has 2 amide bonds. The summed E-state index contributed by atoms with van der Waals surface area (Å²) >= 11 is 11.8. The van der Waals surface area contributed by atoms with Crippen LogP contribution in [0.5, 0.6) is 0 Å². The number of carbonyl (C=O) groups is 3. The van der Waals surface area contributed by atoms with Crippen molar-refractivity contribution in [1.82, 2.24) is 0 Å². The summed E-state index contributed by atoms with van der Waals surface area (Å²) in [4.78, 5) is 37.1. The third-order valence-corrected chi connectivity index (χ3v) is 4.69. The van der Waals surface area contributed by atoms with Crippen LogP contribution in [0.1, 0.15) is 33.4 Å². The lowest BCUT2D eigenvalue weighted by Crippen LogP contribution is -2.30. The number of esters is 1. The van der Waals surface area contributed by atoms with Crippen LogP contribution in [0.2, 0.25) is 10.0 Å². The summed E-state index contributed by atoms with van der Waals surface area (Å²) in [6.45, 7) is 3.21. The van der Waals surface area contributed by atoms with Crippen molar-refractivity contribution in [3.05, 3.63) is 81.7 Å². The fourth-order valence-corrected chi connectivity index (χ4v) is 3.15. The lowest BCUT2D eigenvalue weighted by Gasteiger charge is -2.15. The zero-order chi connectivity index (χ0) is 22.5. The molecule has 0 bridgehead atoms. The van der Waals surface area contributed by atoms with E-state index >= 15 is 0 Å². The van der Waals surface area contributed by atoms with Crippen LogP contribution in [-0.2, 0) is 9.53 Å². The van der Waals surface area contributed by atoms with Gasteiger partial charge in [-0.3, -0.25) is 9.59 Å². The van der Waals surface area contributed by atoms with E-state index in [0.29, 0.717) is 21.4 Å². The zero-order valence-corrected chi connectivity index (χ0v) is 18.1. The molecule has 9 heteroatoms. The number of rotatable bonds is 6. The highest BCUT2D eigenvalue weighted by molar-refractivity contribution is 6.35. The molecule has 2 aromatic carbocycles. The van der Waals surface area contributed by atoms with Crippen molar-refractivity contribution in [1.29, 1.82) is 0 Å². The van der Waals surface area contributed by atoms with Crippen LogP contribution < -0.4 is 10.6 Å². The van der Waals surface area contributed by atoms with Crippen LogP contribution in [0.25, 0.3) is 0 Å². The second-order valence-corrected chi connectivity index (χ2v) is 7.53. The number of benzene rings is 2. The maximum atomic E-state index is 12.5. The number of furan rings is 1. The highest BCUT2D eigenvalue weighted by Gasteiger charge is 2.20. The Balaban J connectivity index is 1.66. The summed E-state index contributed by atoms with van der Waals surface area (Å²) in [5.41, 5.74) is 1.70. The molecule has 0 aliphatic carbocycles. The number of hydrogen-bond donors (Lipinski definition) is 2. The minimum atomic E-state index is -1.09. The monoisotopic (exact) mass is 460 g/mol. The Kier molecular flexibility index (Phi) is 6.99. The first-order valence-corrected chi connectivity index (χ1v) is 9.92. The topological polar surface area (TPSA) is 97.6 Å². The van der Waals surface area contributed by atoms with Gasteiger partial charge in [-0.25, -0.2) is 4.79 Å². The summed E-state index contributed by atoms with van der Waals surface area (Å²) in [7, 11) is 0. The zero-order valence-electron chi connectivity index (χ0n) is 16.6. The van der Waals surface area contributed by atoms with Gasteiger partial charge in [0.2, 0.25) is 0 Å². The number of amides is 2. The average molecular weight is 461 g/mol. The Morgan fingerprint density at radius 3 is 2.35 bits per heavy atom. The molecule has 0 spiro atoms. The summed E-state index contributed by atoms with van der Waals surface area (Å²) in [5.74, 6) is -1.59. The Bertz CT molecular complexity index is 1110. The van der Waals surface area contributed by atoms with Crippen LogP contribution >= 0.6 is 23.2 Å². The van der Waals surface area contributed by atoms with Crippen molar-refractivity contribution in [3.8, 4) is 0 Å². The van der Waals surface area contributed by atoms with Gasteiger partial charge in [0.05, 0.1) is 11.8 Å². The molecule has 1 heterocycles. The van der Waals surface area contributed by atoms with Gasteiger partial charge in [0.1, 0.15) is 0 Å². The van der Waals surface area contributed by atoms with Gasteiger partial charge in [-0.05, 0) is 61.9 Å². The fourth-order valence-electron chi connectivity index (χ4n) is 2.63. The first kappa shape index (κ1) is 22.4. The minimum absolute atomic E-state index is 0.138. The highest BCUT2D eigenvalue weighted by Crippen LogP contribution is 2.23. The van der Waals surface area contributed by atoms with E-state index < -0.39 is 23.9 Å². The second-order valence-electron chi connectivity index (χ2n) is 6.66. The van der Waals surface area contributed by atoms with Crippen molar-refractivity contribution >= 4 is 52.4 Å². The average Bonchev–Trinajstić information content (AvgIpc) is 3.23. The molecular formula is C22H18Cl2N2O5. The molecule has 0 aliphatic heterocycles. The van der Waals surface area contributed by atoms with Crippen molar-refractivity contribution in [2.75, 3.05) is 10.6 Å². The Labute approximate surface area is 188 Å². The number of anilines is 2. The molecule has 7 nitrogen and oxygen atoms in total. The molecule has 0 radical (unpaired) electrons. The quantitative estimate of drug-likeness (QED) is 0.484. The molecule has 0 fully saturated rings. The number of aryl methyl sites for hydroxylation is 1. The molecule has 31 heavy (non-hydrogen) atoms. The van der Waals surface area contributed by atoms with Crippen LogP contribution in [0, 0.1) is 6.92 Å². The number of halogens is 2. The summed E-state index contributed by atoms with van der Waals surface area (Å²) in [6, 6.07) is 12.4. The third kappa shape index (κ3) is 5.87. The lowest BCUT2D eigenvalue weighted by molar-refractivity contribution is -0.123. The fraction of sp³-hybridized carbons (Fsp3) is 0.136. The summed E-state index contributed by atoms with van der Waals surface area (Å²) in [5, 5.41) is 5.99. The van der Waals surface area contributed by atoms with E-state index in [0.717, 1.165) is 5.56 Å². The van der Waals surface area contributed by atoms with Gasteiger partial charge in [-0.1, -0.05) is 29.3 Å². The molecule has 3 aromatic rings. The molecule has 1 unspecified atom stereocenters. The van der Waals surface area contributed by atoms with E-state index in [1.165, 1.54) is 43.5 Å². The van der Waals surface area contributed by atoms with Crippen molar-refractivity contribution in [2.24, 2.45) is 0 Å². The van der Waals surface area contributed by atoms with Gasteiger partial charge in [-0.2, -0.15) is 0 Å². The maximum Gasteiger partial charge on any atom is 0.338 e. The Morgan fingerprint density at radius 2 is 1.71 bits per heavy atom. The van der Waals surface area contributed by atoms with E-state index in [1.807, 2.05) is 0 Å². The van der Waals surface area contributed by atoms with E-state index in [2.05, 4.69) is 10.6 Å². The van der Waals surface area contributed by atoms with Crippen LogP contribution in [-0.4, -0.2) is 23.9 Å². The number of ether oxygens (including phenoxy) is 1. The molecule has 0 saturated carbocycles. The van der Waals surface area contributed by atoms with Gasteiger partial charge >= 0.3 is 5.97 Å². The van der Waals surface area contributed by atoms with Crippen LogP contribution in [0.3, 0.4) is 0 Å². The molecular weight excluding hydrogens is 443 g/mol. The predicted molar refractivity (Wildman–Crippen MR) is 118 cm³/mol. The van der Waals surface area contributed by atoms with E-state index in [-0.39, 0.29) is 11.3 Å². The van der Waals surface area contributed by atoms with Gasteiger partial charge in [-0.15, -0.1) is 0 Å². The predicted octanol–water partition coefficient (Wildman–Crippen LogP) is 5.33. The molecule has 2 N–H and O–H groups in total. The SMILES string of the molecule is Cc1ccc(C(=O)OC(C)C(=O)Nc2cc(Cl)cc(Cl)c2)cc1NC(=O)c1ccco1. The first-order chi connectivity index (χ1) is 14.7. The van der Waals surface area contributed by atoms with E-state index in [1.54, 1.807) is 25.1 Å². The normalized spacial score (nSPS) is 11.5. The summed E-state index contributed by atoms with van der Waals surface area (Å²) < 4.78 is 10.3. The van der Waals surface area contributed by atoms with Gasteiger partial charge in [0, 0.05) is 21.4 Å². The summed E-state index contributed by atoms with van der Waals surface area (Å²) in [6.07, 6.45) is 0.298. The van der Waals surface area contributed by atoms with Crippen molar-refractivity contribution in [2.45, 2.75) is 20.0 Å². The Hall–Kier alpha value is -3.29. The number of nitrogens with one attached hydrogen (secondary N) is 2. The number of carbonyl (C=O) groups excluding carboxylic acids is 3. The van der Waals surface area contributed by atoms with Crippen molar-refractivity contribution < 1.29 is 23.5 Å². The second kappa shape index (κ2) is 9.68. The molecule has 0 saturated heterocycles. The molecule has 0 aliphatic rings. The Morgan fingerprint density at radius 1 is 1.00 bits per heavy atom. The number of hydrogen-bond acceptors (Lipinski definition) is 5.